The molecule has 0 saturated heterocycles. The van der Waals surface area contributed by atoms with Gasteiger partial charge in [0.25, 0.3) is 0 Å². The Labute approximate surface area is 195 Å². The summed E-state index contributed by atoms with van der Waals surface area (Å²) in [6.45, 7) is 0. The van der Waals surface area contributed by atoms with Crippen molar-refractivity contribution >= 4 is 10.9 Å². The van der Waals surface area contributed by atoms with Crippen LogP contribution in [0.2, 0.25) is 0 Å². The van der Waals surface area contributed by atoms with Gasteiger partial charge in [0.1, 0.15) is 5.82 Å². The van der Waals surface area contributed by atoms with Crippen molar-refractivity contribution in [1.29, 1.82) is 0 Å². The summed E-state index contributed by atoms with van der Waals surface area (Å²) in [5.41, 5.74) is 2.98. The van der Waals surface area contributed by atoms with Gasteiger partial charge in [-0.3, -0.25) is 0 Å². The number of rotatable bonds is 5. The van der Waals surface area contributed by atoms with E-state index < -0.39 is 0 Å². The minimum Gasteiger partial charge on any atom is -0.207 e. The van der Waals surface area contributed by atoms with E-state index in [-0.39, 0.29) is 16.7 Å². The first kappa shape index (κ1) is 21.8. The minimum atomic E-state index is -0.216. The van der Waals surface area contributed by atoms with Gasteiger partial charge < -0.3 is 0 Å². The van der Waals surface area contributed by atoms with Crippen molar-refractivity contribution in [2.45, 2.75) is 90.7 Å². The van der Waals surface area contributed by atoms with Crippen molar-refractivity contribution in [3.63, 3.8) is 0 Å². The van der Waals surface area contributed by atoms with Crippen LogP contribution in [0.3, 0.4) is 0 Å². The Morgan fingerprint density at radius 3 is 1.19 bits per heavy atom. The van der Waals surface area contributed by atoms with E-state index in [0.29, 0.717) is 0 Å². The minimum absolute atomic E-state index is 0.169. The van der Waals surface area contributed by atoms with E-state index >= 15 is 0 Å². The van der Waals surface area contributed by atoms with E-state index in [9.17, 15) is 4.39 Å². The highest BCUT2D eigenvalue weighted by Crippen LogP contribution is 2.37. The molecule has 0 bridgehead atoms. The zero-order valence-electron chi connectivity index (χ0n) is 18.9. The third-order valence-electron chi connectivity index (χ3n) is 7.43. The molecule has 2 saturated carbocycles. The van der Waals surface area contributed by atoms with Gasteiger partial charge in [0, 0.05) is 0 Å². The Morgan fingerprint density at radius 1 is 0.469 bits per heavy atom. The summed E-state index contributed by atoms with van der Waals surface area (Å²) in [6.07, 6.45) is 13.5. The fourth-order valence-corrected chi connectivity index (χ4v) is 7.64. The Kier molecular flexibility index (Phi) is 6.97. The van der Waals surface area contributed by atoms with E-state index in [0.717, 1.165) is 11.8 Å². The second kappa shape index (κ2) is 10.3. The monoisotopic (exact) mass is 445 g/mol. The molecule has 2 fully saturated rings. The molecule has 2 aliphatic carbocycles. The molecule has 2 aliphatic rings. The lowest BCUT2D eigenvalue weighted by Crippen LogP contribution is -2.08. The maximum absolute atomic E-state index is 13.7. The molecule has 0 unspecified atom stereocenters. The van der Waals surface area contributed by atoms with Gasteiger partial charge in [-0.05, 0) is 97.2 Å². The fourth-order valence-electron chi connectivity index (χ4n) is 5.60. The molecule has 166 valence electrons. The number of hydrogen-bond acceptors (Lipinski definition) is 0. The lowest BCUT2D eigenvalue weighted by molar-refractivity contribution is 0.443. The van der Waals surface area contributed by atoms with E-state index in [1.54, 1.807) is 12.1 Å². The summed E-state index contributed by atoms with van der Waals surface area (Å²) in [7, 11) is -0.216. The van der Waals surface area contributed by atoms with Crippen LogP contribution in [0, 0.1) is 5.82 Å². The molecule has 0 nitrogen and oxygen atoms in total. The van der Waals surface area contributed by atoms with Gasteiger partial charge in [-0.25, -0.2) is 4.39 Å². The van der Waals surface area contributed by atoms with Crippen LogP contribution in [0.1, 0.15) is 87.2 Å². The Bertz CT molecular complexity index is 917. The lowest BCUT2D eigenvalue weighted by Gasteiger charge is -2.22. The third kappa shape index (κ3) is 4.96. The fraction of sp³-hybridized carbons (Fsp3) is 0.400. The summed E-state index contributed by atoms with van der Waals surface area (Å²) >= 11 is 0. The van der Waals surface area contributed by atoms with Crippen LogP contribution in [0.15, 0.2) is 87.5 Å². The van der Waals surface area contributed by atoms with Gasteiger partial charge in [-0.2, -0.15) is 0 Å². The van der Waals surface area contributed by atoms with Crippen LogP contribution < -0.4 is 0 Å². The van der Waals surface area contributed by atoms with Crippen molar-refractivity contribution in [2.75, 3.05) is 0 Å². The molecule has 3 aromatic rings. The van der Waals surface area contributed by atoms with Gasteiger partial charge in [-0.1, -0.05) is 62.8 Å². The van der Waals surface area contributed by atoms with E-state index in [2.05, 4.69) is 48.5 Å². The Morgan fingerprint density at radius 2 is 0.812 bits per heavy atom. The molecule has 0 heterocycles. The average molecular weight is 446 g/mol. The average Bonchev–Trinajstić information content (AvgIpc) is 2.87. The number of hydrogen-bond donors (Lipinski definition) is 0. The van der Waals surface area contributed by atoms with Crippen LogP contribution in [0.25, 0.3) is 0 Å². The summed E-state index contributed by atoms with van der Waals surface area (Å²) in [5, 5.41) is 0. The number of halogens is 1. The molecule has 5 rings (SSSR count). The first-order chi connectivity index (χ1) is 15.8. The summed E-state index contributed by atoms with van der Waals surface area (Å²) < 4.78 is 13.7. The van der Waals surface area contributed by atoms with E-state index in [1.807, 2.05) is 12.1 Å². The third-order valence-corrected chi connectivity index (χ3v) is 9.66. The second-order valence-electron chi connectivity index (χ2n) is 9.57. The van der Waals surface area contributed by atoms with Gasteiger partial charge in [0.2, 0.25) is 0 Å². The van der Waals surface area contributed by atoms with Crippen LogP contribution in [-0.4, -0.2) is 0 Å². The first-order valence-corrected chi connectivity index (χ1v) is 13.7. The van der Waals surface area contributed by atoms with Gasteiger partial charge >= 0.3 is 0 Å². The maximum Gasteiger partial charge on any atom is 0.166 e. The molecule has 0 radical (unpaired) electrons. The molecule has 0 spiro atoms. The van der Waals surface area contributed by atoms with Gasteiger partial charge in [0.15, 0.2) is 14.7 Å². The number of benzene rings is 3. The van der Waals surface area contributed by atoms with Crippen molar-refractivity contribution in [2.24, 2.45) is 0 Å². The maximum atomic E-state index is 13.7. The lowest BCUT2D eigenvalue weighted by atomic mass is 9.84. The molecular weight excluding hydrogens is 411 g/mol. The molecule has 0 aromatic heterocycles. The Balaban J connectivity index is 1.45. The first-order valence-electron chi connectivity index (χ1n) is 12.5. The molecule has 0 aliphatic heterocycles. The quantitative estimate of drug-likeness (QED) is 0.344. The Hall–Kier alpha value is -2.06. The van der Waals surface area contributed by atoms with Crippen molar-refractivity contribution in [3.05, 3.63) is 89.7 Å². The summed E-state index contributed by atoms with van der Waals surface area (Å²) in [5.74, 6) is 1.28. The SMILES string of the molecule is Fc1ccc([S+](c2ccc(C3CCCCC3)cc2)c2ccc(C3CCCCC3)cc2)cc1. The highest BCUT2D eigenvalue weighted by atomic mass is 32.2. The van der Waals surface area contributed by atoms with Crippen LogP contribution in [0.4, 0.5) is 4.39 Å². The summed E-state index contributed by atoms with van der Waals surface area (Å²) in [4.78, 5) is 3.82. The predicted molar refractivity (Wildman–Crippen MR) is 133 cm³/mol. The highest BCUT2D eigenvalue weighted by Gasteiger charge is 2.29. The van der Waals surface area contributed by atoms with Crippen LogP contribution in [0.5, 0.6) is 0 Å². The molecular formula is C30H34FS+. The van der Waals surface area contributed by atoms with Crippen molar-refractivity contribution < 1.29 is 4.39 Å². The molecule has 0 atom stereocenters. The second-order valence-corrected chi connectivity index (χ2v) is 11.6. The normalized spacial score (nSPS) is 18.2. The molecule has 0 amide bonds. The molecule has 32 heavy (non-hydrogen) atoms. The molecule has 2 heteroatoms. The zero-order chi connectivity index (χ0) is 21.8. The van der Waals surface area contributed by atoms with E-state index in [4.69, 9.17) is 0 Å². The highest BCUT2D eigenvalue weighted by molar-refractivity contribution is 7.97. The van der Waals surface area contributed by atoms with Gasteiger partial charge in [0.05, 0.1) is 10.9 Å². The molecule has 3 aromatic carbocycles. The molecule has 0 N–H and O–H groups in total. The largest absolute Gasteiger partial charge is 0.207 e. The summed E-state index contributed by atoms with van der Waals surface area (Å²) in [6, 6.07) is 25.8. The van der Waals surface area contributed by atoms with Crippen molar-refractivity contribution in [1.82, 2.24) is 0 Å². The smallest absolute Gasteiger partial charge is 0.166 e. The van der Waals surface area contributed by atoms with Gasteiger partial charge in [-0.15, -0.1) is 0 Å². The van der Waals surface area contributed by atoms with E-state index in [1.165, 1.54) is 90.0 Å². The topological polar surface area (TPSA) is 0 Å². The van der Waals surface area contributed by atoms with Crippen LogP contribution >= 0.6 is 0 Å². The van der Waals surface area contributed by atoms with Crippen molar-refractivity contribution in [3.8, 4) is 0 Å². The zero-order valence-corrected chi connectivity index (χ0v) is 19.8. The van der Waals surface area contributed by atoms with Crippen LogP contribution in [-0.2, 0) is 10.9 Å². The predicted octanol–water partition coefficient (Wildman–Crippen LogP) is 9.02. The standard InChI is InChI=1S/C30H34FS/c31-27-15-21-30(22-16-27)32(28-17-11-25(12-18-28)23-7-3-1-4-8-23)29-19-13-26(14-20-29)24-9-5-2-6-10-24/h11-24H,1-10H2/q+1.